The third-order valence-electron chi connectivity index (χ3n) is 4.22. The van der Waals surface area contributed by atoms with Crippen molar-refractivity contribution in [2.75, 3.05) is 5.73 Å². The van der Waals surface area contributed by atoms with Crippen LogP contribution in [0.1, 0.15) is 27.6 Å². The number of nitrogen functional groups attached to an aromatic ring is 1. The molecule has 8 heteroatoms. The third kappa shape index (κ3) is 3.39. The molecule has 0 unspecified atom stereocenters. The van der Waals surface area contributed by atoms with Gasteiger partial charge in [0, 0.05) is 17.3 Å². The first kappa shape index (κ1) is 17.6. The van der Waals surface area contributed by atoms with Crippen LogP contribution in [0.5, 0.6) is 0 Å². The Hall–Kier alpha value is -3.81. The minimum Gasteiger partial charge on any atom is -0.454 e. The Bertz CT molecular complexity index is 1170. The van der Waals surface area contributed by atoms with Crippen molar-refractivity contribution in [3.05, 3.63) is 71.4 Å². The van der Waals surface area contributed by atoms with Crippen LogP contribution >= 0.6 is 0 Å². The van der Waals surface area contributed by atoms with Gasteiger partial charge in [0.1, 0.15) is 5.82 Å². The van der Waals surface area contributed by atoms with Gasteiger partial charge in [-0.3, -0.25) is 0 Å². The lowest BCUT2D eigenvalue weighted by atomic mass is 10.2. The molecule has 0 atom stereocenters. The fourth-order valence-corrected chi connectivity index (χ4v) is 2.92. The number of nitrogens with two attached hydrogens (primary N) is 1. The summed E-state index contributed by atoms with van der Waals surface area (Å²) in [6.45, 7) is 3.78. The van der Waals surface area contributed by atoms with Crippen LogP contribution in [0, 0.1) is 13.8 Å². The van der Waals surface area contributed by atoms with Crippen molar-refractivity contribution in [1.82, 2.24) is 24.7 Å². The van der Waals surface area contributed by atoms with Crippen LogP contribution in [0.2, 0.25) is 0 Å². The molecule has 0 saturated heterocycles. The summed E-state index contributed by atoms with van der Waals surface area (Å²) in [5.41, 5.74) is 8.85. The molecule has 4 aromatic rings. The molecule has 0 radical (unpaired) electrons. The minimum absolute atomic E-state index is 0.0763. The highest BCUT2D eigenvalue weighted by atomic mass is 16.5. The summed E-state index contributed by atoms with van der Waals surface area (Å²) in [4.78, 5) is 25.2. The van der Waals surface area contributed by atoms with Crippen molar-refractivity contribution < 1.29 is 9.53 Å². The van der Waals surface area contributed by atoms with Crippen molar-refractivity contribution in [3.8, 4) is 5.82 Å². The normalized spacial score (nSPS) is 10.9. The second kappa shape index (κ2) is 7.07. The predicted molar refractivity (Wildman–Crippen MR) is 104 cm³/mol. The van der Waals surface area contributed by atoms with E-state index in [1.807, 2.05) is 44.2 Å². The Morgan fingerprint density at radius 1 is 1.14 bits per heavy atom. The quantitative estimate of drug-likeness (QED) is 0.547. The SMILES string of the molecule is Cc1cc(C)n(-c2ccc(C(=O)OCc3nc(N)c4ccccc4n3)cn2)n1. The molecule has 2 N–H and O–H groups in total. The molecule has 0 fully saturated rings. The van der Waals surface area contributed by atoms with Gasteiger partial charge in [-0.1, -0.05) is 12.1 Å². The van der Waals surface area contributed by atoms with Gasteiger partial charge in [-0.05, 0) is 44.2 Å². The van der Waals surface area contributed by atoms with Crippen LogP contribution in [-0.4, -0.2) is 30.7 Å². The van der Waals surface area contributed by atoms with Crippen molar-refractivity contribution in [1.29, 1.82) is 0 Å². The van der Waals surface area contributed by atoms with Crippen LogP contribution in [0.4, 0.5) is 5.82 Å². The number of nitrogens with zero attached hydrogens (tertiary/aromatic N) is 5. The third-order valence-corrected chi connectivity index (χ3v) is 4.22. The molecule has 0 saturated carbocycles. The maximum atomic E-state index is 12.3. The number of aromatic nitrogens is 5. The molecule has 0 aliphatic rings. The molecule has 0 bridgehead atoms. The number of aryl methyl sites for hydroxylation is 2. The van der Waals surface area contributed by atoms with E-state index < -0.39 is 5.97 Å². The van der Waals surface area contributed by atoms with Gasteiger partial charge in [-0.15, -0.1) is 0 Å². The van der Waals surface area contributed by atoms with Crippen LogP contribution in [-0.2, 0) is 11.3 Å². The number of fused-ring (bicyclic) bond motifs is 1. The minimum atomic E-state index is -0.511. The zero-order valence-electron chi connectivity index (χ0n) is 15.5. The summed E-state index contributed by atoms with van der Waals surface area (Å²) in [5.74, 6) is 0.819. The van der Waals surface area contributed by atoms with Crippen molar-refractivity contribution >= 4 is 22.7 Å². The van der Waals surface area contributed by atoms with E-state index in [1.54, 1.807) is 16.8 Å². The summed E-state index contributed by atoms with van der Waals surface area (Å²) >= 11 is 0. The van der Waals surface area contributed by atoms with Crippen LogP contribution < -0.4 is 5.73 Å². The summed E-state index contributed by atoms with van der Waals surface area (Å²) in [6.07, 6.45) is 1.46. The highest BCUT2D eigenvalue weighted by Gasteiger charge is 2.12. The van der Waals surface area contributed by atoms with Gasteiger partial charge in [0.2, 0.25) is 0 Å². The lowest BCUT2D eigenvalue weighted by Gasteiger charge is -2.07. The largest absolute Gasteiger partial charge is 0.454 e. The zero-order valence-corrected chi connectivity index (χ0v) is 15.5. The molecule has 0 spiro atoms. The van der Waals surface area contributed by atoms with Gasteiger partial charge in [-0.2, -0.15) is 5.10 Å². The highest BCUT2D eigenvalue weighted by molar-refractivity contribution is 5.89. The van der Waals surface area contributed by atoms with Crippen LogP contribution in [0.15, 0.2) is 48.7 Å². The van der Waals surface area contributed by atoms with Crippen molar-refractivity contribution in [2.24, 2.45) is 0 Å². The number of esters is 1. The zero-order chi connectivity index (χ0) is 19.7. The van der Waals surface area contributed by atoms with Crippen LogP contribution in [0.25, 0.3) is 16.7 Å². The molecule has 0 aliphatic carbocycles. The smallest absolute Gasteiger partial charge is 0.340 e. The molecule has 1 aromatic carbocycles. The summed E-state index contributed by atoms with van der Waals surface area (Å²) in [5, 5.41) is 5.14. The number of pyridine rings is 1. The van der Waals surface area contributed by atoms with E-state index >= 15 is 0 Å². The Morgan fingerprint density at radius 2 is 1.96 bits per heavy atom. The molecular formula is C20H18N6O2. The molecule has 3 aromatic heterocycles. The molecule has 3 heterocycles. The topological polar surface area (TPSA) is 109 Å². The lowest BCUT2D eigenvalue weighted by molar-refractivity contribution is 0.0462. The average molecular weight is 374 g/mol. The Balaban J connectivity index is 1.47. The van der Waals surface area contributed by atoms with E-state index in [2.05, 4.69) is 20.1 Å². The van der Waals surface area contributed by atoms with E-state index in [0.29, 0.717) is 28.5 Å². The number of carbonyl (C=O) groups excluding carboxylic acids is 1. The molecule has 0 aliphatic heterocycles. The molecular weight excluding hydrogens is 356 g/mol. The van der Waals surface area contributed by atoms with Gasteiger partial charge < -0.3 is 10.5 Å². The number of rotatable bonds is 4. The highest BCUT2D eigenvalue weighted by Crippen LogP contribution is 2.17. The first-order valence-electron chi connectivity index (χ1n) is 8.69. The monoisotopic (exact) mass is 374 g/mol. The molecule has 8 nitrogen and oxygen atoms in total. The van der Waals surface area contributed by atoms with Gasteiger partial charge in [0.15, 0.2) is 18.2 Å². The van der Waals surface area contributed by atoms with E-state index in [9.17, 15) is 4.79 Å². The number of para-hydroxylation sites is 1. The average Bonchev–Trinajstić information content (AvgIpc) is 3.04. The van der Waals surface area contributed by atoms with E-state index in [4.69, 9.17) is 10.5 Å². The maximum Gasteiger partial charge on any atom is 0.340 e. The lowest BCUT2D eigenvalue weighted by Crippen LogP contribution is -2.10. The van der Waals surface area contributed by atoms with E-state index in [0.717, 1.165) is 16.8 Å². The van der Waals surface area contributed by atoms with Gasteiger partial charge in [0.05, 0.1) is 16.8 Å². The maximum absolute atomic E-state index is 12.3. The van der Waals surface area contributed by atoms with Gasteiger partial charge in [-0.25, -0.2) is 24.4 Å². The standard InChI is InChI=1S/C20H18N6O2/c1-12-9-13(2)26(25-12)18-8-7-14(10-22-18)20(27)28-11-17-23-16-6-4-3-5-15(16)19(21)24-17/h3-10H,11H2,1-2H3,(H2,21,23,24). The summed E-state index contributed by atoms with van der Waals surface area (Å²) < 4.78 is 7.03. The molecule has 4 rings (SSSR count). The Morgan fingerprint density at radius 3 is 2.68 bits per heavy atom. The Labute approximate surface area is 161 Å². The van der Waals surface area contributed by atoms with Crippen molar-refractivity contribution in [3.63, 3.8) is 0 Å². The van der Waals surface area contributed by atoms with Gasteiger partial charge in [0.25, 0.3) is 0 Å². The Kier molecular flexibility index (Phi) is 4.44. The number of anilines is 1. The van der Waals surface area contributed by atoms with E-state index in [1.165, 1.54) is 6.20 Å². The summed E-state index contributed by atoms with van der Waals surface area (Å²) in [7, 11) is 0. The molecule has 0 amide bonds. The van der Waals surface area contributed by atoms with Crippen LogP contribution in [0.3, 0.4) is 0 Å². The number of ether oxygens (including phenoxy) is 1. The fourth-order valence-electron chi connectivity index (χ4n) is 2.92. The number of hydrogen-bond donors (Lipinski definition) is 1. The summed E-state index contributed by atoms with van der Waals surface area (Å²) in [6, 6.07) is 12.7. The predicted octanol–water partition coefficient (Wildman–Crippen LogP) is 2.77. The second-order valence-corrected chi connectivity index (χ2v) is 6.36. The first-order chi connectivity index (χ1) is 13.5. The molecule has 28 heavy (non-hydrogen) atoms. The second-order valence-electron chi connectivity index (χ2n) is 6.36. The number of carbonyl (C=O) groups is 1. The number of hydrogen-bond acceptors (Lipinski definition) is 7. The fraction of sp³-hybridized carbons (Fsp3) is 0.150. The van der Waals surface area contributed by atoms with Gasteiger partial charge >= 0.3 is 5.97 Å². The number of benzene rings is 1. The van der Waals surface area contributed by atoms with E-state index in [-0.39, 0.29) is 6.61 Å². The first-order valence-corrected chi connectivity index (χ1v) is 8.69. The molecule has 140 valence electrons. The van der Waals surface area contributed by atoms with Crippen molar-refractivity contribution in [2.45, 2.75) is 20.5 Å².